The topological polar surface area (TPSA) is 102 Å². The summed E-state index contributed by atoms with van der Waals surface area (Å²) in [6.07, 6.45) is -0.756. The van der Waals surface area contributed by atoms with Crippen molar-refractivity contribution in [2.75, 3.05) is 0 Å². The highest BCUT2D eigenvalue weighted by atomic mass is 16.6. The molecular formula is C16H19N2O4-. The first-order valence-electron chi connectivity index (χ1n) is 6.88. The van der Waals surface area contributed by atoms with E-state index in [1.165, 1.54) is 0 Å². The molecule has 0 fully saturated rings. The van der Waals surface area contributed by atoms with Crippen molar-refractivity contribution in [2.24, 2.45) is 0 Å². The molecular weight excluding hydrogens is 284 g/mol. The highest BCUT2D eigenvalue weighted by Gasteiger charge is 2.20. The van der Waals surface area contributed by atoms with Gasteiger partial charge in [0.2, 0.25) is 0 Å². The Kier molecular flexibility index (Phi) is 5.93. The summed E-state index contributed by atoms with van der Waals surface area (Å²) in [7, 11) is 0. The minimum absolute atomic E-state index is 0.267. The second-order valence-corrected chi connectivity index (χ2v) is 5.94. The summed E-state index contributed by atoms with van der Waals surface area (Å²) in [5.41, 5.74) is 0.555. The lowest BCUT2D eigenvalue weighted by Crippen LogP contribution is -2.43. The summed E-state index contributed by atoms with van der Waals surface area (Å²) in [6.45, 7) is 5.16. The van der Waals surface area contributed by atoms with Gasteiger partial charge < -0.3 is 20.0 Å². The molecule has 1 aromatic rings. The summed E-state index contributed by atoms with van der Waals surface area (Å²) >= 11 is 0. The van der Waals surface area contributed by atoms with E-state index < -0.39 is 23.7 Å². The van der Waals surface area contributed by atoms with Crippen LogP contribution in [0.2, 0.25) is 0 Å². The Labute approximate surface area is 129 Å². The lowest BCUT2D eigenvalue weighted by Gasteiger charge is -2.24. The molecule has 0 spiro atoms. The van der Waals surface area contributed by atoms with Crippen LogP contribution in [-0.4, -0.2) is 23.7 Å². The van der Waals surface area contributed by atoms with Crippen LogP contribution in [0.4, 0.5) is 4.79 Å². The van der Waals surface area contributed by atoms with Crippen molar-refractivity contribution in [1.29, 1.82) is 5.26 Å². The molecule has 118 valence electrons. The molecule has 0 aliphatic carbocycles. The fraction of sp³-hybridized carbons (Fsp3) is 0.438. The van der Waals surface area contributed by atoms with E-state index in [1.807, 2.05) is 6.07 Å². The molecule has 0 aliphatic heterocycles. The number of carbonyl (C=O) groups excluding carboxylic acids is 2. The molecule has 0 saturated carbocycles. The third-order valence-corrected chi connectivity index (χ3v) is 2.67. The molecule has 22 heavy (non-hydrogen) atoms. The monoisotopic (exact) mass is 303 g/mol. The highest BCUT2D eigenvalue weighted by Crippen LogP contribution is 2.11. The number of nitrogens with zero attached hydrogens (tertiary/aromatic N) is 1. The molecule has 0 radical (unpaired) electrons. The number of hydrogen-bond donors (Lipinski definition) is 1. The number of amides is 1. The van der Waals surface area contributed by atoms with Gasteiger partial charge in [0, 0.05) is 18.4 Å². The first-order valence-corrected chi connectivity index (χ1v) is 6.88. The van der Waals surface area contributed by atoms with E-state index in [2.05, 4.69) is 5.32 Å². The normalized spacial score (nSPS) is 12.1. The number of aliphatic carboxylic acids is 1. The second-order valence-electron chi connectivity index (χ2n) is 5.94. The number of alkyl carbamates (subject to hydrolysis) is 1. The minimum Gasteiger partial charge on any atom is -0.550 e. The van der Waals surface area contributed by atoms with Crippen molar-refractivity contribution in [1.82, 2.24) is 5.32 Å². The standard InChI is InChI=1S/C16H20N2O4/c1-16(2,3)22-15(21)18-13(9-14(19)20)8-11-5-4-6-12(7-11)10-17/h4-7,13H,8-9H2,1-3H3,(H,18,21)(H,19,20)/p-1/t13-/m0/s1. The quantitative estimate of drug-likeness (QED) is 0.878. The second kappa shape index (κ2) is 7.46. The molecule has 1 amide bonds. The Bertz CT molecular complexity index is 585. The number of nitrogens with one attached hydrogen (secondary N) is 1. The summed E-state index contributed by atoms with van der Waals surface area (Å²) in [6, 6.07) is 8.11. The highest BCUT2D eigenvalue weighted by molar-refractivity contribution is 5.70. The number of nitriles is 1. The Morgan fingerprint density at radius 3 is 2.64 bits per heavy atom. The number of carboxylic acid groups (broad SMARTS) is 1. The van der Waals surface area contributed by atoms with Crippen LogP contribution >= 0.6 is 0 Å². The van der Waals surface area contributed by atoms with Gasteiger partial charge in [0.05, 0.1) is 11.6 Å². The maximum absolute atomic E-state index is 11.8. The third kappa shape index (κ3) is 6.75. The first kappa shape index (κ1) is 17.5. The van der Waals surface area contributed by atoms with Gasteiger partial charge in [0.15, 0.2) is 0 Å². The van der Waals surface area contributed by atoms with E-state index in [-0.39, 0.29) is 12.8 Å². The van der Waals surface area contributed by atoms with E-state index in [0.717, 1.165) is 5.56 Å². The van der Waals surface area contributed by atoms with Crippen molar-refractivity contribution in [3.05, 3.63) is 35.4 Å². The van der Waals surface area contributed by atoms with Crippen LogP contribution in [0.3, 0.4) is 0 Å². The van der Waals surface area contributed by atoms with E-state index >= 15 is 0 Å². The van der Waals surface area contributed by atoms with Gasteiger partial charge in [-0.05, 0) is 44.9 Å². The SMILES string of the molecule is CC(C)(C)OC(=O)N[C@H](CC(=O)[O-])Cc1cccc(C#N)c1. The van der Waals surface area contributed by atoms with Crippen molar-refractivity contribution in [3.63, 3.8) is 0 Å². The predicted octanol–water partition coefficient (Wildman–Crippen LogP) is 1.13. The molecule has 0 saturated heterocycles. The average Bonchev–Trinajstić information content (AvgIpc) is 2.35. The average molecular weight is 303 g/mol. The summed E-state index contributed by atoms with van der Waals surface area (Å²) in [5.74, 6) is -1.27. The number of carboxylic acids is 1. The van der Waals surface area contributed by atoms with Crippen LogP contribution in [0.1, 0.15) is 38.3 Å². The predicted molar refractivity (Wildman–Crippen MR) is 77.6 cm³/mol. The zero-order valence-corrected chi connectivity index (χ0v) is 12.9. The van der Waals surface area contributed by atoms with E-state index in [1.54, 1.807) is 45.0 Å². The number of rotatable bonds is 5. The summed E-state index contributed by atoms with van der Waals surface area (Å²) in [5, 5.41) is 22.2. The van der Waals surface area contributed by atoms with E-state index in [4.69, 9.17) is 10.00 Å². The Hall–Kier alpha value is -2.55. The molecule has 1 rings (SSSR count). The third-order valence-electron chi connectivity index (χ3n) is 2.67. The molecule has 0 aromatic heterocycles. The van der Waals surface area contributed by atoms with Crippen LogP contribution < -0.4 is 10.4 Å². The van der Waals surface area contributed by atoms with Crippen LogP contribution in [0, 0.1) is 11.3 Å². The zero-order valence-electron chi connectivity index (χ0n) is 12.9. The fourth-order valence-corrected chi connectivity index (χ4v) is 1.90. The van der Waals surface area contributed by atoms with E-state index in [0.29, 0.717) is 5.56 Å². The van der Waals surface area contributed by atoms with Crippen LogP contribution in [-0.2, 0) is 16.0 Å². The largest absolute Gasteiger partial charge is 0.550 e. The van der Waals surface area contributed by atoms with Crippen molar-refractivity contribution in [3.8, 4) is 6.07 Å². The molecule has 1 N–H and O–H groups in total. The van der Waals surface area contributed by atoms with Crippen molar-refractivity contribution < 1.29 is 19.4 Å². The molecule has 0 bridgehead atoms. The molecule has 6 nitrogen and oxygen atoms in total. The maximum atomic E-state index is 11.8. The zero-order chi connectivity index (χ0) is 16.8. The minimum atomic E-state index is -1.27. The van der Waals surface area contributed by atoms with Crippen molar-refractivity contribution >= 4 is 12.1 Å². The summed E-state index contributed by atoms with van der Waals surface area (Å²) in [4.78, 5) is 22.6. The Morgan fingerprint density at radius 1 is 1.41 bits per heavy atom. The van der Waals surface area contributed by atoms with Gasteiger partial charge in [0.25, 0.3) is 0 Å². The Balaban J connectivity index is 2.78. The molecule has 1 aromatic carbocycles. The van der Waals surface area contributed by atoms with Crippen LogP contribution in [0.25, 0.3) is 0 Å². The lowest BCUT2D eigenvalue weighted by molar-refractivity contribution is -0.306. The molecule has 0 heterocycles. The van der Waals surface area contributed by atoms with Crippen LogP contribution in [0.5, 0.6) is 0 Å². The maximum Gasteiger partial charge on any atom is 0.407 e. The van der Waals surface area contributed by atoms with Gasteiger partial charge >= 0.3 is 6.09 Å². The number of carbonyl (C=O) groups is 2. The van der Waals surface area contributed by atoms with Gasteiger partial charge in [-0.15, -0.1) is 0 Å². The van der Waals surface area contributed by atoms with Gasteiger partial charge in [0.1, 0.15) is 5.60 Å². The Morgan fingerprint density at radius 2 is 2.09 bits per heavy atom. The van der Waals surface area contributed by atoms with E-state index in [9.17, 15) is 14.7 Å². The molecule has 0 unspecified atom stereocenters. The van der Waals surface area contributed by atoms with Crippen LogP contribution in [0.15, 0.2) is 24.3 Å². The van der Waals surface area contributed by atoms with Crippen molar-refractivity contribution in [2.45, 2.75) is 45.3 Å². The van der Waals surface area contributed by atoms with Gasteiger partial charge in [-0.2, -0.15) is 5.26 Å². The fourth-order valence-electron chi connectivity index (χ4n) is 1.90. The van der Waals surface area contributed by atoms with Gasteiger partial charge in [-0.3, -0.25) is 0 Å². The van der Waals surface area contributed by atoms with Gasteiger partial charge in [-0.25, -0.2) is 4.79 Å². The number of ether oxygens (including phenoxy) is 1. The molecule has 6 heteroatoms. The molecule has 1 atom stereocenters. The number of hydrogen-bond acceptors (Lipinski definition) is 5. The number of benzene rings is 1. The first-order chi connectivity index (χ1) is 10.2. The smallest absolute Gasteiger partial charge is 0.407 e. The lowest BCUT2D eigenvalue weighted by atomic mass is 10.0. The molecule has 0 aliphatic rings. The summed E-state index contributed by atoms with van der Waals surface area (Å²) < 4.78 is 5.12. The van der Waals surface area contributed by atoms with Gasteiger partial charge in [-0.1, -0.05) is 12.1 Å².